The zero-order valence-corrected chi connectivity index (χ0v) is 15.2. The Bertz CT molecular complexity index is 485. The molecular formula is C19H30O5. The van der Waals surface area contributed by atoms with E-state index >= 15 is 0 Å². The molecule has 1 fully saturated rings. The molecule has 0 aromatic heterocycles. The Labute approximate surface area is 144 Å². The van der Waals surface area contributed by atoms with Crippen LogP contribution in [0.2, 0.25) is 0 Å². The Morgan fingerprint density at radius 1 is 1.17 bits per heavy atom. The highest BCUT2D eigenvalue weighted by molar-refractivity contribution is 5.26. The third-order valence-electron chi connectivity index (χ3n) is 4.24. The topological polar surface area (TPSA) is 57.2 Å². The van der Waals surface area contributed by atoms with E-state index in [-0.39, 0.29) is 18.8 Å². The molecule has 1 heterocycles. The summed E-state index contributed by atoms with van der Waals surface area (Å²) in [5, 5.41) is 9.40. The van der Waals surface area contributed by atoms with Gasteiger partial charge in [-0.15, -0.1) is 0 Å². The fraction of sp³-hybridized carbons (Fsp3) is 0.684. The lowest BCUT2D eigenvalue weighted by molar-refractivity contribution is -0.149. The molecule has 1 aliphatic heterocycles. The van der Waals surface area contributed by atoms with E-state index in [9.17, 15) is 5.11 Å². The van der Waals surface area contributed by atoms with Crippen molar-refractivity contribution in [2.45, 2.75) is 58.2 Å². The second-order valence-electron chi connectivity index (χ2n) is 6.94. The number of hydrogen-bond donors (Lipinski definition) is 1. The third-order valence-corrected chi connectivity index (χ3v) is 4.24. The molecule has 1 aliphatic rings. The Balaban J connectivity index is 1.66. The van der Waals surface area contributed by atoms with Crippen LogP contribution in [0.25, 0.3) is 0 Å². The van der Waals surface area contributed by atoms with E-state index in [2.05, 4.69) is 6.92 Å². The molecule has 136 valence electrons. The van der Waals surface area contributed by atoms with Crippen molar-refractivity contribution in [1.82, 2.24) is 0 Å². The van der Waals surface area contributed by atoms with Crippen molar-refractivity contribution in [2.24, 2.45) is 5.92 Å². The first kappa shape index (κ1) is 19.2. The Kier molecular flexibility index (Phi) is 7.04. The van der Waals surface area contributed by atoms with Gasteiger partial charge in [-0.1, -0.05) is 19.1 Å². The first-order valence-corrected chi connectivity index (χ1v) is 8.60. The first-order chi connectivity index (χ1) is 11.4. The van der Waals surface area contributed by atoms with Crippen LogP contribution in [0.5, 0.6) is 5.75 Å². The van der Waals surface area contributed by atoms with Crippen LogP contribution in [-0.2, 0) is 20.8 Å². The Morgan fingerprint density at radius 3 is 2.46 bits per heavy atom. The van der Waals surface area contributed by atoms with Crippen LogP contribution in [0, 0.1) is 5.92 Å². The summed E-state index contributed by atoms with van der Waals surface area (Å²) in [5.41, 5.74) is 1.14. The standard InChI is InChI=1S/C19H30O5/c1-14(5-10-17-18(11-20)24-19(2,3)23-17)12-22-13-15-6-8-16(21-4)9-7-15/h6-9,14,17-18,20H,5,10-13H2,1-4H3/t14-,17-,18-/m0/s1. The van der Waals surface area contributed by atoms with Gasteiger partial charge in [0.25, 0.3) is 0 Å². The zero-order valence-electron chi connectivity index (χ0n) is 15.2. The van der Waals surface area contributed by atoms with Crippen molar-refractivity contribution >= 4 is 0 Å². The molecule has 0 bridgehead atoms. The van der Waals surface area contributed by atoms with Gasteiger partial charge in [-0.05, 0) is 50.3 Å². The summed E-state index contributed by atoms with van der Waals surface area (Å²) in [6.07, 6.45) is 1.56. The fourth-order valence-corrected chi connectivity index (χ4v) is 2.94. The van der Waals surface area contributed by atoms with Crippen molar-refractivity contribution in [3.63, 3.8) is 0 Å². The molecule has 5 heteroatoms. The van der Waals surface area contributed by atoms with Gasteiger partial charge >= 0.3 is 0 Å². The molecule has 24 heavy (non-hydrogen) atoms. The summed E-state index contributed by atoms with van der Waals surface area (Å²) >= 11 is 0. The molecule has 1 saturated heterocycles. The quantitative estimate of drug-likeness (QED) is 0.750. The normalized spacial score (nSPS) is 24.0. The molecule has 2 rings (SSSR count). The van der Waals surface area contributed by atoms with E-state index in [1.807, 2.05) is 38.1 Å². The summed E-state index contributed by atoms with van der Waals surface area (Å²) < 4.78 is 22.5. The lowest BCUT2D eigenvalue weighted by Crippen LogP contribution is -2.27. The number of methoxy groups -OCH3 is 1. The second kappa shape index (κ2) is 8.81. The highest BCUT2D eigenvalue weighted by Crippen LogP contribution is 2.31. The molecule has 1 aromatic rings. The number of ether oxygens (including phenoxy) is 4. The Hall–Kier alpha value is -1.14. The molecule has 0 aliphatic carbocycles. The minimum Gasteiger partial charge on any atom is -0.497 e. The monoisotopic (exact) mass is 338 g/mol. The SMILES string of the molecule is COc1ccc(COC[C@@H](C)CC[C@@H]2OC(C)(C)O[C@H]2CO)cc1. The van der Waals surface area contributed by atoms with E-state index in [4.69, 9.17) is 18.9 Å². The highest BCUT2D eigenvalue weighted by atomic mass is 16.8. The first-order valence-electron chi connectivity index (χ1n) is 8.60. The number of rotatable bonds is 9. The van der Waals surface area contributed by atoms with Crippen LogP contribution in [-0.4, -0.2) is 43.4 Å². The van der Waals surface area contributed by atoms with Crippen molar-refractivity contribution in [3.8, 4) is 5.75 Å². The lowest BCUT2D eigenvalue weighted by atomic mass is 10.0. The van der Waals surface area contributed by atoms with Gasteiger partial charge in [0.15, 0.2) is 5.79 Å². The molecule has 0 radical (unpaired) electrons. The highest BCUT2D eigenvalue weighted by Gasteiger charge is 2.40. The summed E-state index contributed by atoms with van der Waals surface area (Å²) in [6.45, 7) is 7.24. The van der Waals surface area contributed by atoms with E-state index < -0.39 is 5.79 Å². The van der Waals surface area contributed by atoms with Gasteiger partial charge in [0.05, 0.1) is 26.4 Å². The van der Waals surface area contributed by atoms with Crippen LogP contribution >= 0.6 is 0 Å². The van der Waals surface area contributed by atoms with Crippen LogP contribution < -0.4 is 4.74 Å². The average molecular weight is 338 g/mol. The molecular weight excluding hydrogens is 308 g/mol. The molecule has 0 saturated carbocycles. The summed E-state index contributed by atoms with van der Waals surface area (Å²) in [6, 6.07) is 7.91. The maximum absolute atomic E-state index is 9.40. The van der Waals surface area contributed by atoms with Crippen molar-refractivity contribution < 1.29 is 24.1 Å². The zero-order chi connectivity index (χ0) is 17.6. The number of hydrogen-bond acceptors (Lipinski definition) is 5. The Morgan fingerprint density at radius 2 is 1.83 bits per heavy atom. The summed E-state index contributed by atoms with van der Waals surface area (Å²) in [7, 11) is 1.66. The molecule has 1 N–H and O–H groups in total. The van der Waals surface area contributed by atoms with Crippen LogP contribution in [0.1, 0.15) is 39.2 Å². The van der Waals surface area contributed by atoms with Gasteiger partial charge in [0.1, 0.15) is 11.9 Å². The van der Waals surface area contributed by atoms with E-state index in [0.717, 1.165) is 24.2 Å². The number of benzene rings is 1. The third kappa shape index (κ3) is 5.74. The molecule has 0 spiro atoms. The molecule has 1 aromatic carbocycles. The lowest BCUT2D eigenvalue weighted by Gasteiger charge is -2.18. The molecule has 0 amide bonds. The van der Waals surface area contributed by atoms with Gasteiger partial charge in [0, 0.05) is 6.61 Å². The van der Waals surface area contributed by atoms with E-state index in [0.29, 0.717) is 19.1 Å². The largest absolute Gasteiger partial charge is 0.497 e. The predicted molar refractivity (Wildman–Crippen MR) is 92.0 cm³/mol. The fourth-order valence-electron chi connectivity index (χ4n) is 2.94. The van der Waals surface area contributed by atoms with Gasteiger partial charge in [-0.3, -0.25) is 0 Å². The minimum absolute atomic E-state index is 0.00352. The van der Waals surface area contributed by atoms with Gasteiger partial charge in [0.2, 0.25) is 0 Å². The van der Waals surface area contributed by atoms with Crippen LogP contribution in [0.4, 0.5) is 0 Å². The van der Waals surface area contributed by atoms with Crippen molar-refractivity contribution in [1.29, 1.82) is 0 Å². The summed E-state index contributed by atoms with van der Waals surface area (Å²) in [4.78, 5) is 0. The van der Waals surface area contributed by atoms with Gasteiger partial charge in [-0.2, -0.15) is 0 Å². The van der Waals surface area contributed by atoms with Crippen molar-refractivity contribution in [3.05, 3.63) is 29.8 Å². The maximum Gasteiger partial charge on any atom is 0.163 e. The van der Waals surface area contributed by atoms with Crippen LogP contribution in [0.15, 0.2) is 24.3 Å². The van der Waals surface area contributed by atoms with E-state index in [1.54, 1.807) is 7.11 Å². The molecule has 5 nitrogen and oxygen atoms in total. The maximum atomic E-state index is 9.40. The van der Waals surface area contributed by atoms with Crippen molar-refractivity contribution in [2.75, 3.05) is 20.3 Å². The number of aliphatic hydroxyl groups excluding tert-OH is 1. The van der Waals surface area contributed by atoms with Gasteiger partial charge in [-0.25, -0.2) is 0 Å². The molecule has 3 atom stereocenters. The predicted octanol–water partition coefficient (Wildman–Crippen LogP) is 3.14. The van der Waals surface area contributed by atoms with Crippen LogP contribution in [0.3, 0.4) is 0 Å². The smallest absolute Gasteiger partial charge is 0.163 e. The van der Waals surface area contributed by atoms with Gasteiger partial charge < -0.3 is 24.1 Å². The molecule has 0 unspecified atom stereocenters. The number of aliphatic hydroxyl groups is 1. The average Bonchev–Trinajstić information content (AvgIpc) is 2.87. The summed E-state index contributed by atoms with van der Waals surface area (Å²) in [5.74, 6) is 0.675. The van der Waals surface area contributed by atoms with E-state index in [1.165, 1.54) is 0 Å². The minimum atomic E-state index is -0.605. The second-order valence-corrected chi connectivity index (χ2v) is 6.94.